The second-order valence-corrected chi connectivity index (χ2v) is 8.98. The first-order valence-corrected chi connectivity index (χ1v) is 11.9. The summed E-state index contributed by atoms with van der Waals surface area (Å²) in [6.07, 6.45) is 2.77. The molecule has 0 fully saturated rings. The summed E-state index contributed by atoms with van der Waals surface area (Å²) in [5, 5.41) is 15.0. The number of anilines is 1. The molecule has 2 heterocycles. The molecule has 4 aromatic rings. The average Bonchev–Trinajstić information content (AvgIpc) is 3.23. The van der Waals surface area contributed by atoms with E-state index in [0.29, 0.717) is 11.5 Å². The summed E-state index contributed by atoms with van der Waals surface area (Å²) in [6, 6.07) is 17.0. The van der Waals surface area contributed by atoms with Crippen LogP contribution in [0.4, 0.5) is 5.95 Å². The molecule has 4 rings (SSSR count). The SMILES string of the molecule is CC(/C=C/c1ccccc1)=NNc1nc2c(c(=O)[nH]c(=O)n2C)n1C[C@H](O)COc1ccc(Br)cc1. The number of ether oxygens (including phenoxy) is 1. The number of rotatable bonds is 9. The lowest BCUT2D eigenvalue weighted by Crippen LogP contribution is -2.30. The van der Waals surface area contributed by atoms with Crippen LogP contribution in [-0.4, -0.2) is 42.6 Å². The van der Waals surface area contributed by atoms with Gasteiger partial charge in [-0.05, 0) is 42.8 Å². The Morgan fingerprint density at radius 2 is 1.94 bits per heavy atom. The number of nitrogens with zero attached hydrogens (tertiary/aromatic N) is 4. The number of hydrazone groups is 1. The van der Waals surface area contributed by atoms with Crippen LogP contribution in [0.25, 0.3) is 17.2 Å². The van der Waals surface area contributed by atoms with Crippen molar-refractivity contribution in [1.29, 1.82) is 0 Å². The third-order valence-electron chi connectivity index (χ3n) is 5.31. The second-order valence-electron chi connectivity index (χ2n) is 8.06. The van der Waals surface area contributed by atoms with Crippen molar-refractivity contribution in [2.45, 2.75) is 19.6 Å². The lowest BCUT2D eigenvalue weighted by molar-refractivity contribution is 0.0938. The van der Waals surface area contributed by atoms with Gasteiger partial charge in [-0.1, -0.05) is 52.3 Å². The molecule has 0 aliphatic rings. The van der Waals surface area contributed by atoms with Gasteiger partial charge in [-0.25, -0.2) is 10.2 Å². The standard InChI is InChI=1S/C25H25BrN6O4/c1-16(8-9-17-6-4-3-5-7-17)29-30-24-27-22-21(23(34)28-25(35)31(22)2)32(24)14-19(33)15-36-20-12-10-18(26)11-13-20/h3-13,19,33H,14-15H2,1-2H3,(H,27,30)(H,28,34,35)/b9-8+,29-16?/t19-/m0/s1. The van der Waals surface area contributed by atoms with Crippen LogP contribution in [0.2, 0.25) is 0 Å². The number of H-pyrrole nitrogens is 1. The molecule has 0 saturated carbocycles. The number of halogens is 1. The van der Waals surface area contributed by atoms with Crippen LogP contribution < -0.4 is 21.4 Å². The molecule has 0 spiro atoms. The number of aromatic nitrogens is 4. The van der Waals surface area contributed by atoms with Gasteiger partial charge in [-0.2, -0.15) is 10.1 Å². The van der Waals surface area contributed by atoms with Crippen molar-refractivity contribution in [2.75, 3.05) is 12.0 Å². The number of nitrogens with one attached hydrogen (secondary N) is 2. The van der Waals surface area contributed by atoms with Crippen molar-refractivity contribution in [1.82, 2.24) is 19.1 Å². The highest BCUT2D eigenvalue weighted by molar-refractivity contribution is 9.10. The van der Waals surface area contributed by atoms with E-state index in [2.05, 4.69) is 36.4 Å². The van der Waals surface area contributed by atoms with Crippen LogP contribution >= 0.6 is 15.9 Å². The smallest absolute Gasteiger partial charge is 0.329 e. The Morgan fingerprint density at radius 3 is 2.67 bits per heavy atom. The number of allylic oxidation sites excluding steroid dienone is 1. The number of imidazole rings is 1. The molecule has 0 amide bonds. The molecular formula is C25H25BrN6O4. The minimum absolute atomic E-state index is 0.0213. The average molecular weight is 553 g/mol. The van der Waals surface area contributed by atoms with Gasteiger partial charge in [0.15, 0.2) is 11.2 Å². The van der Waals surface area contributed by atoms with Crippen molar-refractivity contribution >= 4 is 44.8 Å². The molecule has 10 nitrogen and oxygen atoms in total. The predicted molar refractivity (Wildman–Crippen MR) is 143 cm³/mol. The number of hydrogen-bond donors (Lipinski definition) is 3. The fourth-order valence-electron chi connectivity index (χ4n) is 3.44. The minimum atomic E-state index is -0.980. The van der Waals surface area contributed by atoms with E-state index in [0.717, 1.165) is 10.0 Å². The van der Waals surface area contributed by atoms with Gasteiger partial charge in [0, 0.05) is 11.5 Å². The lowest BCUT2D eigenvalue weighted by atomic mass is 10.2. The second kappa shape index (κ2) is 11.2. The summed E-state index contributed by atoms with van der Waals surface area (Å²) >= 11 is 3.37. The Labute approximate surface area is 214 Å². The van der Waals surface area contributed by atoms with Gasteiger partial charge < -0.3 is 14.4 Å². The van der Waals surface area contributed by atoms with Gasteiger partial charge in [0.2, 0.25) is 5.95 Å². The van der Waals surface area contributed by atoms with Gasteiger partial charge >= 0.3 is 5.69 Å². The van der Waals surface area contributed by atoms with Crippen molar-refractivity contribution < 1.29 is 9.84 Å². The predicted octanol–water partition coefficient (Wildman–Crippen LogP) is 3.13. The van der Waals surface area contributed by atoms with Gasteiger partial charge in [0.25, 0.3) is 5.56 Å². The third kappa shape index (κ3) is 5.99. The molecule has 0 unspecified atom stereocenters. The Morgan fingerprint density at radius 1 is 1.22 bits per heavy atom. The number of aliphatic hydroxyl groups is 1. The first kappa shape index (κ1) is 25.1. The van der Waals surface area contributed by atoms with Crippen LogP contribution in [0, 0.1) is 0 Å². The lowest BCUT2D eigenvalue weighted by Gasteiger charge is -2.15. The zero-order valence-corrected chi connectivity index (χ0v) is 21.3. The molecule has 0 aliphatic heterocycles. The van der Waals surface area contributed by atoms with Gasteiger partial charge in [-0.15, -0.1) is 0 Å². The maximum Gasteiger partial charge on any atom is 0.329 e. The Balaban J connectivity index is 1.59. The molecule has 0 bridgehead atoms. The van der Waals surface area contributed by atoms with Crippen molar-refractivity contribution in [3.05, 3.63) is 91.5 Å². The molecular weight excluding hydrogens is 528 g/mol. The number of benzene rings is 2. The molecule has 36 heavy (non-hydrogen) atoms. The number of aryl methyl sites for hydroxylation is 1. The van der Waals surface area contributed by atoms with Crippen LogP contribution in [0.3, 0.4) is 0 Å². The topological polar surface area (TPSA) is 127 Å². The van der Waals surface area contributed by atoms with E-state index in [9.17, 15) is 14.7 Å². The van der Waals surface area contributed by atoms with E-state index < -0.39 is 17.4 Å². The maximum absolute atomic E-state index is 12.7. The van der Waals surface area contributed by atoms with Gasteiger partial charge in [0.1, 0.15) is 18.5 Å². The first-order valence-electron chi connectivity index (χ1n) is 11.1. The highest BCUT2D eigenvalue weighted by Crippen LogP contribution is 2.18. The Bertz CT molecular complexity index is 1520. The van der Waals surface area contributed by atoms with Crippen molar-refractivity contribution in [3.63, 3.8) is 0 Å². The van der Waals surface area contributed by atoms with Crippen LogP contribution in [0.1, 0.15) is 12.5 Å². The number of aromatic amines is 1. The molecule has 11 heteroatoms. The zero-order chi connectivity index (χ0) is 25.7. The summed E-state index contributed by atoms with van der Waals surface area (Å²) in [5.74, 6) is 0.795. The van der Waals surface area contributed by atoms with Crippen LogP contribution in [-0.2, 0) is 13.6 Å². The summed E-state index contributed by atoms with van der Waals surface area (Å²) < 4.78 is 9.30. The fourth-order valence-corrected chi connectivity index (χ4v) is 3.71. The largest absolute Gasteiger partial charge is 0.491 e. The zero-order valence-electron chi connectivity index (χ0n) is 19.7. The number of aliphatic hydroxyl groups excluding tert-OH is 1. The molecule has 1 atom stereocenters. The third-order valence-corrected chi connectivity index (χ3v) is 5.83. The van der Waals surface area contributed by atoms with E-state index in [-0.39, 0.29) is 30.3 Å². The van der Waals surface area contributed by atoms with E-state index in [4.69, 9.17) is 4.74 Å². The Hall–Kier alpha value is -3.96. The molecule has 0 aliphatic carbocycles. The molecule has 0 saturated heterocycles. The highest BCUT2D eigenvalue weighted by atomic mass is 79.9. The molecule has 2 aromatic heterocycles. The molecule has 2 aromatic carbocycles. The van der Waals surface area contributed by atoms with Crippen LogP contribution in [0.5, 0.6) is 5.75 Å². The Kier molecular flexibility index (Phi) is 7.81. The van der Waals surface area contributed by atoms with E-state index >= 15 is 0 Å². The highest BCUT2D eigenvalue weighted by Gasteiger charge is 2.20. The molecule has 0 radical (unpaired) electrons. The number of fused-ring (bicyclic) bond motifs is 1. The summed E-state index contributed by atoms with van der Waals surface area (Å²) in [4.78, 5) is 31.4. The maximum atomic E-state index is 12.7. The quantitative estimate of drug-likeness (QED) is 0.216. The molecule has 186 valence electrons. The summed E-state index contributed by atoms with van der Waals surface area (Å²) in [5.41, 5.74) is 3.64. The minimum Gasteiger partial charge on any atom is -0.491 e. The van der Waals surface area contributed by atoms with Crippen molar-refractivity contribution in [2.24, 2.45) is 12.1 Å². The summed E-state index contributed by atoms with van der Waals surface area (Å²) in [6.45, 7) is 1.76. The van der Waals surface area contributed by atoms with Gasteiger partial charge in [-0.3, -0.25) is 14.3 Å². The van der Waals surface area contributed by atoms with E-state index in [1.54, 1.807) is 12.1 Å². The summed E-state index contributed by atoms with van der Waals surface area (Å²) in [7, 11) is 1.51. The normalized spacial score (nSPS) is 12.8. The first-order chi connectivity index (χ1) is 17.3. The van der Waals surface area contributed by atoms with E-state index in [1.165, 1.54) is 16.2 Å². The van der Waals surface area contributed by atoms with Gasteiger partial charge in [0.05, 0.1) is 12.3 Å². The van der Waals surface area contributed by atoms with Crippen molar-refractivity contribution in [3.8, 4) is 5.75 Å². The molecule has 3 N–H and O–H groups in total. The number of hydrogen-bond acceptors (Lipinski definition) is 7. The fraction of sp³-hybridized carbons (Fsp3) is 0.200. The van der Waals surface area contributed by atoms with Crippen LogP contribution in [0.15, 0.2) is 79.8 Å². The van der Waals surface area contributed by atoms with E-state index in [1.807, 2.05) is 61.5 Å². The monoisotopic (exact) mass is 552 g/mol.